The lowest BCUT2D eigenvalue weighted by Gasteiger charge is -2.13. The molecule has 0 spiro atoms. The molecule has 0 atom stereocenters. The zero-order valence-electron chi connectivity index (χ0n) is 81.2. The highest BCUT2D eigenvalue weighted by Gasteiger charge is 2.23. The Morgan fingerprint density at radius 2 is 0.703 bits per heavy atom. The van der Waals surface area contributed by atoms with Gasteiger partial charge in [-0.2, -0.15) is 20.4 Å². The third-order valence-corrected chi connectivity index (χ3v) is 30.5. The van der Waals surface area contributed by atoms with Crippen LogP contribution in [-0.2, 0) is 44.4 Å². The monoisotopic (exact) mass is 2110 g/mol. The van der Waals surface area contributed by atoms with E-state index in [1.54, 1.807) is 135 Å². The number of pyridine rings is 2. The Hall–Kier alpha value is -17.2. The fraction of sp³-hybridized carbons (Fsp3) is 0.133. The van der Waals surface area contributed by atoms with Crippen LogP contribution in [0.3, 0.4) is 0 Å². The molecule has 35 nitrogen and oxygen atoms in total. The Labute approximate surface area is 867 Å². The number of primary amides is 3. The molecule has 12 N–H and O–H groups in total. The molecule has 43 heteroatoms. The number of sulfone groups is 1. The van der Waals surface area contributed by atoms with Gasteiger partial charge in [0.05, 0.1) is 183 Å². The number of halogens is 1. The van der Waals surface area contributed by atoms with Gasteiger partial charge in [-0.1, -0.05) is 106 Å². The van der Waals surface area contributed by atoms with Crippen molar-refractivity contribution in [3.05, 3.63) is 278 Å². The van der Waals surface area contributed by atoms with Crippen LogP contribution in [0.2, 0.25) is 0 Å². The van der Waals surface area contributed by atoms with Crippen LogP contribution < -0.4 is 72.8 Å². The van der Waals surface area contributed by atoms with Gasteiger partial charge >= 0.3 is 0 Å². The summed E-state index contributed by atoms with van der Waals surface area (Å²) in [6.07, 6.45) is 14.7. The lowest BCUT2D eigenvalue weighted by molar-refractivity contribution is 0.0992. The number of carbonyl (C=O) groups excluding carboxylic acids is 3. The van der Waals surface area contributed by atoms with Gasteiger partial charge < -0.3 is 72.8 Å². The average molecular weight is 2110 g/mol. The second-order valence-electron chi connectivity index (χ2n) is 33.9. The van der Waals surface area contributed by atoms with Gasteiger partial charge in [0.25, 0.3) is 0 Å². The van der Waals surface area contributed by atoms with Crippen molar-refractivity contribution in [3.8, 4) is 28.7 Å². The molecule has 0 unspecified atom stereocenters. The zero-order valence-corrected chi connectivity index (χ0v) is 86.9. The minimum atomic E-state index is -3.32. The molecular formula is C105H92FN25O10S7. The number of fused-ring (bicyclic) bond motifs is 18. The Morgan fingerprint density at radius 1 is 0.358 bits per heavy atom. The second-order valence-corrected chi connectivity index (χ2v) is 42.1. The van der Waals surface area contributed by atoms with Gasteiger partial charge in [0, 0.05) is 119 Å². The van der Waals surface area contributed by atoms with E-state index in [0.717, 1.165) is 166 Å². The first-order chi connectivity index (χ1) is 71.5. The van der Waals surface area contributed by atoms with Crippen molar-refractivity contribution in [1.29, 1.82) is 0 Å². The summed E-state index contributed by atoms with van der Waals surface area (Å²) in [5, 5.41) is 48.2. The quantitative estimate of drug-likeness (QED) is 0.0287. The highest BCUT2D eigenvalue weighted by Crippen LogP contribution is 2.44. The predicted molar refractivity (Wildman–Crippen MR) is 594 cm³/mol. The molecule has 0 aliphatic rings. The molecule has 12 aromatic heterocycles. The van der Waals surface area contributed by atoms with E-state index in [0.29, 0.717) is 88.9 Å². The van der Waals surface area contributed by atoms with Crippen LogP contribution in [0.25, 0.3) is 127 Å². The smallest absolute Gasteiger partial charge is 0.248 e. The molecule has 0 radical (unpaired) electrons. The number of amides is 3. The number of nitrogens with two attached hydrogens (primary N) is 3. The number of benzene rings is 12. The molecule has 0 aliphatic heterocycles. The lowest BCUT2D eigenvalue weighted by atomic mass is 9.99. The molecule has 0 saturated heterocycles. The Kier molecular flexibility index (Phi) is 28.6. The average Bonchev–Trinajstić information content (AvgIpc) is 1.63. The number of para-hydroxylation sites is 2. The van der Waals surface area contributed by atoms with Crippen molar-refractivity contribution in [3.63, 3.8) is 0 Å². The van der Waals surface area contributed by atoms with E-state index >= 15 is 0 Å². The summed E-state index contributed by atoms with van der Waals surface area (Å²) in [4.78, 5) is 71.4. The van der Waals surface area contributed by atoms with Gasteiger partial charge in [-0.25, -0.2) is 42.7 Å². The summed E-state index contributed by atoms with van der Waals surface area (Å²) >= 11 is 9.24. The fourth-order valence-corrected chi connectivity index (χ4v) is 22.5. The van der Waals surface area contributed by atoms with Gasteiger partial charge in [-0.15, -0.1) is 0 Å². The maximum atomic E-state index is 13.5. The number of hydrogen-bond donors (Lipinski definition) is 9. The number of thiazole rings is 6. The van der Waals surface area contributed by atoms with Gasteiger partial charge in [0.1, 0.15) is 34.6 Å². The summed E-state index contributed by atoms with van der Waals surface area (Å²) in [5.41, 5.74) is 33.3. The number of ether oxygens (including phenoxy) is 5. The lowest BCUT2D eigenvalue weighted by Crippen LogP contribution is -2.12. The molecule has 0 bridgehead atoms. The number of methoxy groups -OCH3 is 5. The number of anilines is 12. The molecule has 12 aromatic carbocycles. The first kappa shape index (κ1) is 99.5. The Bertz CT molecular complexity index is 9350. The van der Waals surface area contributed by atoms with Gasteiger partial charge in [-0.3, -0.25) is 43.1 Å². The molecule has 24 rings (SSSR count). The standard InChI is InChI=1S/C21H20N4OS.C18H14N4O2S.C17H15N5O2S.C17H16N4O3S2.C16H13FN4OS.C16H14N4OS/c1-12(2)10-13-5-6-14(20(22)26)11-17(13)24-21-25-19-15-4-3-9-23-16(15)7-8-18(19)27-21;1-24-14-4-2-10(17(19)23)8-13(14)21-18-22-16-12-6-7-20-9-11(12)3-5-15(16)25-18;1-22-12-4-6-14-15(10(12)8-19-22)21-17(25-14)20-11-7-9(16(18)23)3-5-13(11)24-2;1-21-13-5-7-15-16(11(13)9-18-21)20-17(25-15)19-12-8-10(26(3,22)23)4-6-14(12)24-2;1-21-12-4-6-14-15(10(12)8-18-21)20-16(23-14)19-11-7-9(17)3-5-13(11)22-2;1-20-12-7-8-14-15(10(12)9-17-20)19-16(22-14)18-11-5-3-4-6-13(11)21-2/h3-9,11-12H,10H2,1-2H3,(H2,22,26)(H,24,25);2-9H,1H3,(H2,19,23)(H,21,22);3-8H,1-2H3,(H2,18,23)(H,20,21);4-9H,1-3H3,(H,19,20);3-8H,1-2H3,(H,19,20);3-9H,1-2H3,(H,18,19). The highest BCUT2D eigenvalue weighted by molar-refractivity contribution is 7.90. The molecule has 12 heterocycles. The van der Waals surface area contributed by atoms with Crippen molar-refractivity contribution in [2.75, 3.05) is 73.7 Å². The molecule has 0 fully saturated rings. The van der Waals surface area contributed by atoms with E-state index in [9.17, 15) is 27.2 Å². The van der Waals surface area contributed by atoms with Crippen LogP contribution in [0, 0.1) is 11.7 Å². The maximum absolute atomic E-state index is 13.5. The summed E-state index contributed by atoms with van der Waals surface area (Å²) < 4.78 is 77.5. The normalized spacial score (nSPS) is 11.3. The van der Waals surface area contributed by atoms with Gasteiger partial charge in [-0.05, 0) is 194 Å². The van der Waals surface area contributed by atoms with Crippen LogP contribution in [0.4, 0.5) is 69.3 Å². The molecule has 0 aliphatic carbocycles. The second kappa shape index (κ2) is 42.6. The number of rotatable bonds is 23. The Balaban J connectivity index is 0.000000112. The number of carbonyl (C=O) groups is 3. The number of aryl methyl sites for hydroxylation is 4. The number of aromatic nitrogens is 16. The largest absolute Gasteiger partial charge is 0.495 e. The van der Waals surface area contributed by atoms with Gasteiger partial charge in [0.15, 0.2) is 40.6 Å². The van der Waals surface area contributed by atoms with Crippen LogP contribution in [0.15, 0.2) is 255 Å². The number of hydrogen-bond acceptors (Lipinski definition) is 34. The fourth-order valence-electron chi connectivity index (χ4n) is 16.5. The van der Waals surface area contributed by atoms with Crippen molar-refractivity contribution >= 4 is 287 Å². The summed E-state index contributed by atoms with van der Waals surface area (Å²) in [5.74, 6) is 1.87. The third kappa shape index (κ3) is 21.2. The van der Waals surface area contributed by atoms with Crippen LogP contribution >= 0.6 is 68.0 Å². The highest BCUT2D eigenvalue weighted by atomic mass is 32.2. The number of nitrogens with zero attached hydrogens (tertiary/aromatic N) is 16. The first-order valence-corrected chi connectivity index (χ1v) is 52.3. The summed E-state index contributed by atoms with van der Waals surface area (Å²) in [6, 6.07) is 62.7. The predicted octanol–water partition coefficient (Wildman–Crippen LogP) is 23.0. The minimum Gasteiger partial charge on any atom is -0.495 e. The van der Waals surface area contributed by atoms with E-state index in [-0.39, 0.29) is 10.7 Å². The maximum Gasteiger partial charge on any atom is 0.248 e. The third-order valence-electron chi connectivity index (χ3n) is 23.8. The van der Waals surface area contributed by atoms with E-state index in [1.165, 1.54) is 76.9 Å². The van der Waals surface area contributed by atoms with Gasteiger partial charge in [0.2, 0.25) is 17.7 Å². The molecule has 24 aromatic rings. The van der Waals surface area contributed by atoms with Crippen LogP contribution in [0.1, 0.15) is 50.5 Å². The first-order valence-electron chi connectivity index (χ1n) is 45.5. The molecule has 148 heavy (non-hydrogen) atoms. The van der Waals surface area contributed by atoms with E-state index in [2.05, 4.69) is 103 Å². The molecule has 3 amide bonds. The number of nitrogens with one attached hydrogen (secondary N) is 6. The van der Waals surface area contributed by atoms with E-state index < -0.39 is 27.6 Å². The molecular weight excluding hydrogens is 2010 g/mol. The Morgan fingerprint density at radius 3 is 1.11 bits per heavy atom. The van der Waals surface area contributed by atoms with Crippen LogP contribution in [0.5, 0.6) is 28.7 Å². The summed E-state index contributed by atoms with van der Waals surface area (Å²) in [7, 11) is 12.2. The van der Waals surface area contributed by atoms with Crippen molar-refractivity contribution in [2.45, 2.75) is 25.2 Å². The summed E-state index contributed by atoms with van der Waals surface area (Å²) in [6.45, 7) is 4.34. The van der Waals surface area contributed by atoms with E-state index in [1.807, 2.05) is 182 Å². The van der Waals surface area contributed by atoms with E-state index in [4.69, 9.17) is 55.8 Å². The van der Waals surface area contributed by atoms with Crippen molar-refractivity contribution in [1.82, 2.24) is 79.0 Å². The van der Waals surface area contributed by atoms with Crippen molar-refractivity contribution in [2.24, 2.45) is 51.3 Å². The zero-order chi connectivity index (χ0) is 103. The van der Waals surface area contributed by atoms with Crippen LogP contribution in [-0.4, -0.2) is 147 Å². The molecule has 746 valence electrons. The SMILES string of the molecule is CC(C)Cc1ccc(C(N)=O)cc1Nc1nc2c(ccc3ncccc32)s1.COc1ccc(C(N)=O)cc1Nc1nc2c(ccc3c2cnn3C)s1.COc1ccc(C(N)=O)cc1Nc1nc2c(ccc3cnccc32)s1.COc1ccc(F)cc1Nc1nc2c(ccc3c2cnn3C)s1.COc1ccc(S(C)(=O)=O)cc1Nc1nc2c(ccc3c2cnn3C)s1.COc1ccccc1Nc1nc2c(ccc3c2cnn3C)s1. The molecule has 0 saturated carbocycles. The topological polar surface area (TPSA) is 456 Å². The minimum absolute atomic E-state index is 0.219. The van der Waals surface area contributed by atoms with Crippen molar-refractivity contribution < 1.29 is 50.9 Å².